The summed E-state index contributed by atoms with van der Waals surface area (Å²) in [4.78, 5) is 0. The molecular weight excluding hydrogens is 244 g/mol. The minimum absolute atomic E-state index is 0.194. The first-order chi connectivity index (χ1) is 9.19. The van der Waals surface area contributed by atoms with Crippen molar-refractivity contribution in [1.29, 1.82) is 0 Å². The first-order valence-corrected chi connectivity index (χ1v) is 5.87. The number of aromatic nitrogens is 2. The molecule has 1 aromatic heterocycles. The summed E-state index contributed by atoms with van der Waals surface area (Å²) in [5.41, 5.74) is 4.57. The molecule has 0 aliphatic heterocycles. The molecule has 0 aliphatic rings. The number of aryl methyl sites for hydroxylation is 1. The van der Waals surface area contributed by atoms with Crippen molar-refractivity contribution in [2.75, 3.05) is 14.2 Å². The molecule has 0 saturated heterocycles. The van der Waals surface area contributed by atoms with Gasteiger partial charge in [-0.25, -0.2) is 5.43 Å². The fourth-order valence-corrected chi connectivity index (χ4v) is 1.97. The van der Waals surface area contributed by atoms with Crippen molar-refractivity contribution in [1.82, 2.24) is 15.2 Å². The number of hydrogen-bond acceptors (Lipinski definition) is 5. The number of ether oxygens (including phenoxy) is 2. The van der Waals surface area contributed by atoms with Crippen LogP contribution in [0.5, 0.6) is 11.5 Å². The number of nitrogens with two attached hydrogens (primary N) is 1. The summed E-state index contributed by atoms with van der Waals surface area (Å²) in [7, 11) is 5.08. The molecule has 1 atom stereocenters. The van der Waals surface area contributed by atoms with Crippen molar-refractivity contribution in [2.24, 2.45) is 12.9 Å². The maximum atomic E-state index is 5.64. The van der Waals surface area contributed by atoms with Gasteiger partial charge in [0.1, 0.15) is 0 Å². The molecular formula is C13H18N4O2. The molecule has 2 aromatic rings. The largest absolute Gasteiger partial charge is 0.493 e. The number of hydrazine groups is 1. The van der Waals surface area contributed by atoms with Crippen LogP contribution in [-0.2, 0) is 7.05 Å². The molecule has 0 radical (unpaired) electrons. The van der Waals surface area contributed by atoms with Crippen LogP contribution in [0.25, 0.3) is 0 Å². The molecule has 102 valence electrons. The van der Waals surface area contributed by atoms with Crippen LogP contribution >= 0.6 is 0 Å². The molecule has 0 fully saturated rings. The average molecular weight is 262 g/mol. The van der Waals surface area contributed by atoms with Crippen molar-refractivity contribution < 1.29 is 9.47 Å². The maximum absolute atomic E-state index is 5.64. The zero-order valence-electron chi connectivity index (χ0n) is 11.3. The fraction of sp³-hybridized carbons (Fsp3) is 0.308. The third kappa shape index (κ3) is 2.69. The van der Waals surface area contributed by atoms with Crippen LogP contribution in [0.1, 0.15) is 17.3 Å². The Hall–Kier alpha value is -2.05. The molecule has 19 heavy (non-hydrogen) atoms. The summed E-state index contributed by atoms with van der Waals surface area (Å²) in [6.45, 7) is 0. The second-order valence-electron chi connectivity index (χ2n) is 4.13. The Labute approximate surface area is 112 Å². The second kappa shape index (κ2) is 5.73. The molecule has 6 nitrogen and oxygen atoms in total. The minimum atomic E-state index is -0.194. The van der Waals surface area contributed by atoms with Gasteiger partial charge in [0.05, 0.1) is 26.0 Å². The molecule has 0 spiro atoms. The van der Waals surface area contributed by atoms with Crippen LogP contribution in [0, 0.1) is 0 Å². The lowest BCUT2D eigenvalue weighted by molar-refractivity contribution is 0.354. The number of benzene rings is 1. The van der Waals surface area contributed by atoms with E-state index in [9.17, 15) is 0 Å². The number of rotatable bonds is 5. The number of hydrogen-bond donors (Lipinski definition) is 2. The van der Waals surface area contributed by atoms with Crippen LogP contribution in [0.3, 0.4) is 0 Å². The van der Waals surface area contributed by atoms with Crippen molar-refractivity contribution in [3.8, 4) is 11.5 Å². The van der Waals surface area contributed by atoms with Gasteiger partial charge in [0.2, 0.25) is 0 Å². The van der Waals surface area contributed by atoms with Crippen LogP contribution in [0.2, 0.25) is 0 Å². The minimum Gasteiger partial charge on any atom is -0.493 e. The highest BCUT2D eigenvalue weighted by Crippen LogP contribution is 2.31. The zero-order valence-corrected chi connectivity index (χ0v) is 11.3. The summed E-state index contributed by atoms with van der Waals surface area (Å²) < 4.78 is 12.2. The second-order valence-corrected chi connectivity index (χ2v) is 4.13. The zero-order chi connectivity index (χ0) is 13.8. The van der Waals surface area contributed by atoms with Gasteiger partial charge >= 0.3 is 0 Å². The Morgan fingerprint density at radius 3 is 2.47 bits per heavy atom. The highest BCUT2D eigenvalue weighted by molar-refractivity contribution is 5.45. The van der Waals surface area contributed by atoms with Crippen molar-refractivity contribution in [2.45, 2.75) is 6.04 Å². The van der Waals surface area contributed by atoms with Gasteiger partial charge in [0.25, 0.3) is 0 Å². The molecule has 2 rings (SSSR count). The van der Waals surface area contributed by atoms with Gasteiger partial charge in [-0.3, -0.25) is 10.5 Å². The first kappa shape index (κ1) is 13.4. The Kier molecular flexibility index (Phi) is 4.03. The predicted octanol–water partition coefficient (Wildman–Crippen LogP) is 0.990. The summed E-state index contributed by atoms with van der Waals surface area (Å²) in [6, 6.07) is 7.39. The topological polar surface area (TPSA) is 74.3 Å². The van der Waals surface area contributed by atoms with E-state index in [1.807, 2.05) is 37.5 Å². The van der Waals surface area contributed by atoms with E-state index in [1.54, 1.807) is 18.9 Å². The first-order valence-electron chi connectivity index (χ1n) is 5.87. The molecule has 0 aliphatic carbocycles. The van der Waals surface area contributed by atoms with E-state index in [-0.39, 0.29) is 6.04 Å². The van der Waals surface area contributed by atoms with Crippen molar-refractivity contribution in [3.63, 3.8) is 0 Å². The van der Waals surface area contributed by atoms with Gasteiger partial charge in [0, 0.05) is 13.2 Å². The lowest BCUT2D eigenvalue weighted by atomic mass is 10.0. The molecule has 0 saturated carbocycles. The van der Waals surface area contributed by atoms with E-state index in [0.717, 1.165) is 11.3 Å². The average Bonchev–Trinajstić information content (AvgIpc) is 2.86. The predicted molar refractivity (Wildman–Crippen MR) is 71.9 cm³/mol. The Balaban J connectivity index is 2.38. The van der Waals surface area contributed by atoms with Crippen LogP contribution in [-0.4, -0.2) is 24.0 Å². The highest BCUT2D eigenvalue weighted by Gasteiger charge is 2.17. The van der Waals surface area contributed by atoms with Gasteiger partial charge in [-0.2, -0.15) is 5.10 Å². The summed E-state index contributed by atoms with van der Waals surface area (Å²) in [5.74, 6) is 6.98. The third-order valence-electron chi connectivity index (χ3n) is 2.94. The molecule has 6 heteroatoms. The van der Waals surface area contributed by atoms with Gasteiger partial charge in [-0.15, -0.1) is 0 Å². The van der Waals surface area contributed by atoms with E-state index in [0.29, 0.717) is 11.5 Å². The van der Waals surface area contributed by atoms with Gasteiger partial charge in [0.15, 0.2) is 11.5 Å². The van der Waals surface area contributed by atoms with E-state index < -0.39 is 0 Å². The van der Waals surface area contributed by atoms with E-state index in [1.165, 1.54) is 0 Å². The summed E-state index contributed by atoms with van der Waals surface area (Å²) in [6.07, 6.45) is 1.88. The summed E-state index contributed by atoms with van der Waals surface area (Å²) in [5, 5.41) is 4.36. The highest BCUT2D eigenvalue weighted by atomic mass is 16.5. The van der Waals surface area contributed by atoms with Crippen molar-refractivity contribution >= 4 is 0 Å². The SMILES string of the molecule is COc1ccc(C(NN)c2ccn(C)n2)cc1OC. The molecule has 0 bridgehead atoms. The summed E-state index contributed by atoms with van der Waals surface area (Å²) >= 11 is 0. The van der Waals surface area contributed by atoms with E-state index in [2.05, 4.69) is 10.5 Å². The third-order valence-corrected chi connectivity index (χ3v) is 2.94. The Morgan fingerprint density at radius 1 is 1.21 bits per heavy atom. The van der Waals surface area contributed by atoms with Gasteiger partial charge in [-0.1, -0.05) is 6.07 Å². The maximum Gasteiger partial charge on any atom is 0.161 e. The quantitative estimate of drug-likeness (QED) is 0.621. The van der Waals surface area contributed by atoms with E-state index in [4.69, 9.17) is 15.3 Å². The van der Waals surface area contributed by atoms with Crippen molar-refractivity contribution in [3.05, 3.63) is 41.7 Å². The van der Waals surface area contributed by atoms with E-state index >= 15 is 0 Å². The number of nitrogens with zero attached hydrogens (tertiary/aromatic N) is 2. The number of methoxy groups -OCH3 is 2. The Bertz CT molecular complexity index is 553. The standard InChI is InChI=1S/C13H18N4O2/c1-17-7-6-10(16-17)13(15-14)9-4-5-11(18-2)12(8-9)19-3/h4-8,13,15H,14H2,1-3H3. The molecule has 3 N–H and O–H groups in total. The van der Waals surface area contributed by atoms with Crippen LogP contribution in [0.15, 0.2) is 30.5 Å². The molecule has 1 aromatic carbocycles. The lowest BCUT2D eigenvalue weighted by Gasteiger charge is -2.16. The van der Waals surface area contributed by atoms with Gasteiger partial charge in [-0.05, 0) is 23.8 Å². The normalized spacial score (nSPS) is 12.2. The molecule has 1 unspecified atom stereocenters. The fourth-order valence-electron chi connectivity index (χ4n) is 1.97. The lowest BCUT2D eigenvalue weighted by Crippen LogP contribution is -2.29. The smallest absolute Gasteiger partial charge is 0.161 e. The van der Waals surface area contributed by atoms with Crippen LogP contribution < -0.4 is 20.7 Å². The number of nitrogens with one attached hydrogen (secondary N) is 1. The molecule has 0 amide bonds. The Morgan fingerprint density at radius 2 is 1.95 bits per heavy atom. The van der Waals surface area contributed by atoms with Gasteiger partial charge < -0.3 is 9.47 Å². The molecule has 1 heterocycles. The van der Waals surface area contributed by atoms with Crippen LogP contribution in [0.4, 0.5) is 0 Å². The monoisotopic (exact) mass is 262 g/mol.